The van der Waals surface area contributed by atoms with Crippen LogP contribution in [0, 0.1) is 0 Å². The van der Waals surface area contributed by atoms with E-state index in [2.05, 4.69) is 19.6 Å². The van der Waals surface area contributed by atoms with Crippen molar-refractivity contribution in [3.8, 4) is 5.75 Å². The number of benzene rings is 2. The number of thiol groups is 1. The molecule has 2 rings (SSSR count). The lowest BCUT2D eigenvalue weighted by Gasteiger charge is -2.10. The Morgan fingerprint density at radius 2 is 1.89 bits per heavy atom. The lowest BCUT2D eigenvalue weighted by molar-refractivity contribution is 0.108. The van der Waals surface area contributed by atoms with Crippen LogP contribution in [0.4, 0.5) is 0 Å². The molecule has 94 valence electrons. The molecule has 2 aromatic rings. The van der Waals surface area contributed by atoms with Crippen LogP contribution in [0.5, 0.6) is 5.75 Å². The minimum absolute atomic E-state index is 0.257. The predicted molar refractivity (Wildman–Crippen MR) is 77.7 cm³/mol. The van der Waals surface area contributed by atoms with Gasteiger partial charge in [0.15, 0.2) is 0 Å². The van der Waals surface area contributed by atoms with Crippen LogP contribution in [0.3, 0.4) is 0 Å². The van der Waals surface area contributed by atoms with Gasteiger partial charge in [-0.15, -0.1) is 12.6 Å². The van der Waals surface area contributed by atoms with Crippen molar-refractivity contribution < 1.29 is 9.53 Å². The van der Waals surface area contributed by atoms with Gasteiger partial charge >= 0.3 is 0 Å². The molecule has 0 aliphatic heterocycles. The number of hydrogen-bond acceptors (Lipinski definition) is 2. The first-order chi connectivity index (χ1) is 8.72. The van der Waals surface area contributed by atoms with Crippen LogP contribution >= 0.6 is 12.6 Å². The van der Waals surface area contributed by atoms with Crippen molar-refractivity contribution in [2.75, 3.05) is 6.61 Å². The third kappa shape index (κ3) is 2.85. The minimum atomic E-state index is -0.257. The van der Waals surface area contributed by atoms with E-state index in [1.165, 1.54) is 0 Å². The third-order valence-corrected chi connectivity index (χ3v) is 3.07. The molecule has 0 aromatic heterocycles. The first kappa shape index (κ1) is 13.0. The molecule has 2 nitrogen and oxygen atoms in total. The van der Waals surface area contributed by atoms with Gasteiger partial charge in [0.1, 0.15) is 5.75 Å². The monoisotopic (exact) mass is 260 g/mol. The smallest absolute Gasteiger partial charge is 0.220 e. The summed E-state index contributed by atoms with van der Waals surface area (Å²) in [5.41, 5.74) is 0.535. The Kier molecular flexibility index (Phi) is 4.26. The van der Waals surface area contributed by atoms with Gasteiger partial charge < -0.3 is 4.74 Å². The highest BCUT2D eigenvalue weighted by Crippen LogP contribution is 2.27. The summed E-state index contributed by atoms with van der Waals surface area (Å²) in [6.45, 7) is 2.73. The Balaban J connectivity index is 2.41. The average molecular weight is 260 g/mol. The van der Waals surface area contributed by atoms with E-state index >= 15 is 0 Å². The van der Waals surface area contributed by atoms with Crippen molar-refractivity contribution >= 4 is 28.5 Å². The van der Waals surface area contributed by atoms with Crippen molar-refractivity contribution in [2.24, 2.45) is 0 Å². The van der Waals surface area contributed by atoms with E-state index in [0.29, 0.717) is 17.9 Å². The van der Waals surface area contributed by atoms with Gasteiger partial charge in [0.05, 0.1) is 12.2 Å². The Morgan fingerprint density at radius 1 is 1.22 bits per heavy atom. The first-order valence-electron chi connectivity index (χ1n) is 6.11. The molecule has 0 aliphatic carbocycles. The molecule has 0 bridgehead atoms. The van der Waals surface area contributed by atoms with Crippen LogP contribution in [-0.2, 0) is 0 Å². The van der Waals surface area contributed by atoms with Gasteiger partial charge in [0, 0.05) is 0 Å². The highest BCUT2D eigenvalue weighted by molar-refractivity contribution is 7.97. The van der Waals surface area contributed by atoms with Gasteiger partial charge in [0.2, 0.25) is 5.12 Å². The van der Waals surface area contributed by atoms with E-state index in [9.17, 15) is 4.79 Å². The molecule has 0 atom stereocenters. The Morgan fingerprint density at radius 3 is 2.50 bits per heavy atom. The van der Waals surface area contributed by atoms with E-state index in [1.54, 1.807) is 0 Å². The Bertz CT molecular complexity index is 563. The van der Waals surface area contributed by atoms with Gasteiger partial charge in [0.25, 0.3) is 0 Å². The quantitative estimate of drug-likeness (QED) is 0.647. The van der Waals surface area contributed by atoms with Crippen LogP contribution < -0.4 is 4.74 Å². The summed E-state index contributed by atoms with van der Waals surface area (Å²) < 4.78 is 5.68. The van der Waals surface area contributed by atoms with Crippen LogP contribution in [-0.4, -0.2) is 11.7 Å². The summed E-state index contributed by atoms with van der Waals surface area (Å²) in [4.78, 5) is 11.5. The van der Waals surface area contributed by atoms with Crippen molar-refractivity contribution in [2.45, 2.75) is 19.8 Å². The number of ether oxygens (including phenoxy) is 1. The van der Waals surface area contributed by atoms with Crippen LogP contribution in [0.15, 0.2) is 36.4 Å². The number of rotatable bonds is 5. The van der Waals surface area contributed by atoms with Crippen LogP contribution in [0.25, 0.3) is 10.8 Å². The van der Waals surface area contributed by atoms with E-state index in [4.69, 9.17) is 4.74 Å². The zero-order valence-corrected chi connectivity index (χ0v) is 11.2. The summed E-state index contributed by atoms with van der Waals surface area (Å²) in [7, 11) is 0. The molecule has 18 heavy (non-hydrogen) atoms. The molecule has 0 fully saturated rings. The second-order valence-corrected chi connectivity index (χ2v) is 4.61. The molecule has 0 amide bonds. The molecular weight excluding hydrogens is 244 g/mol. The number of hydrogen-bond donors (Lipinski definition) is 1. The zero-order valence-electron chi connectivity index (χ0n) is 10.3. The molecular formula is C15H16O2S. The average Bonchev–Trinajstić information content (AvgIpc) is 2.38. The fourth-order valence-electron chi connectivity index (χ4n) is 1.83. The summed E-state index contributed by atoms with van der Waals surface area (Å²) in [6, 6.07) is 11.7. The van der Waals surface area contributed by atoms with Gasteiger partial charge in [-0.1, -0.05) is 37.6 Å². The molecule has 0 spiro atoms. The maximum atomic E-state index is 11.5. The van der Waals surface area contributed by atoms with Gasteiger partial charge in [-0.3, -0.25) is 4.79 Å². The van der Waals surface area contributed by atoms with Crippen molar-refractivity contribution in [3.05, 3.63) is 42.0 Å². The SMILES string of the molecule is CCCCOc1cc2ccccc2cc1C(=O)S. The summed E-state index contributed by atoms with van der Waals surface area (Å²) in [6.07, 6.45) is 2.05. The van der Waals surface area contributed by atoms with E-state index in [1.807, 2.05) is 36.4 Å². The fraction of sp³-hybridized carbons (Fsp3) is 0.267. The molecule has 0 saturated heterocycles. The first-order valence-corrected chi connectivity index (χ1v) is 6.56. The van der Waals surface area contributed by atoms with Crippen molar-refractivity contribution in [1.29, 1.82) is 0 Å². The number of carbonyl (C=O) groups is 1. The molecule has 0 aliphatic rings. The standard InChI is InChI=1S/C15H16O2S/c1-2-3-8-17-14-10-12-7-5-4-6-11(12)9-13(14)15(16)18/h4-7,9-10H,2-3,8H2,1H3,(H,16,18). The van der Waals surface area contributed by atoms with Crippen LogP contribution in [0.1, 0.15) is 30.1 Å². The molecule has 2 aromatic carbocycles. The van der Waals surface area contributed by atoms with Gasteiger partial charge in [-0.2, -0.15) is 0 Å². The van der Waals surface area contributed by atoms with Crippen LogP contribution in [0.2, 0.25) is 0 Å². The minimum Gasteiger partial charge on any atom is -0.493 e. The number of unbranched alkanes of at least 4 members (excludes halogenated alkanes) is 1. The highest BCUT2D eigenvalue weighted by Gasteiger charge is 2.10. The topological polar surface area (TPSA) is 26.3 Å². The number of fused-ring (bicyclic) bond motifs is 1. The summed E-state index contributed by atoms with van der Waals surface area (Å²) in [5.74, 6) is 0.627. The largest absolute Gasteiger partial charge is 0.493 e. The lowest BCUT2D eigenvalue weighted by Crippen LogP contribution is -2.01. The molecule has 0 N–H and O–H groups in total. The van der Waals surface area contributed by atoms with E-state index < -0.39 is 0 Å². The molecule has 0 heterocycles. The molecule has 0 radical (unpaired) electrons. The van der Waals surface area contributed by atoms with Gasteiger partial charge in [-0.05, 0) is 29.3 Å². The van der Waals surface area contributed by atoms with Crippen molar-refractivity contribution in [1.82, 2.24) is 0 Å². The predicted octanol–water partition coefficient (Wildman–Crippen LogP) is 4.09. The second-order valence-electron chi connectivity index (χ2n) is 4.20. The zero-order chi connectivity index (χ0) is 13.0. The summed E-state index contributed by atoms with van der Waals surface area (Å²) >= 11 is 3.91. The Hall–Kier alpha value is -1.48. The maximum Gasteiger partial charge on any atom is 0.220 e. The maximum absolute atomic E-state index is 11.5. The molecule has 3 heteroatoms. The summed E-state index contributed by atoms with van der Waals surface area (Å²) in [5, 5.41) is 1.84. The normalized spacial score (nSPS) is 10.6. The van der Waals surface area contributed by atoms with E-state index in [0.717, 1.165) is 23.6 Å². The molecule has 0 unspecified atom stereocenters. The van der Waals surface area contributed by atoms with Gasteiger partial charge in [-0.25, -0.2) is 0 Å². The van der Waals surface area contributed by atoms with Crippen molar-refractivity contribution in [3.63, 3.8) is 0 Å². The lowest BCUT2D eigenvalue weighted by atomic mass is 10.1. The third-order valence-electron chi connectivity index (χ3n) is 2.83. The molecule has 0 saturated carbocycles. The second kappa shape index (κ2) is 5.91. The Labute approximate surface area is 112 Å². The number of carbonyl (C=O) groups excluding carboxylic acids is 1. The highest BCUT2D eigenvalue weighted by atomic mass is 32.1. The fourth-order valence-corrected chi connectivity index (χ4v) is 2.01. The van der Waals surface area contributed by atoms with E-state index in [-0.39, 0.29) is 5.12 Å².